The van der Waals surface area contributed by atoms with Crippen LogP contribution in [-0.4, -0.2) is 53.1 Å². The molecular weight excluding hydrogens is 244 g/mol. The first-order valence-corrected chi connectivity index (χ1v) is 7.35. The molecule has 1 atom stereocenters. The average molecular weight is 268 g/mol. The first-order chi connectivity index (χ1) is 9.10. The molecule has 0 aromatic heterocycles. The molecule has 108 valence electrons. The molecule has 2 rings (SSSR count). The Balaban J connectivity index is 1.78. The van der Waals surface area contributed by atoms with Gasteiger partial charge in [0.05, 0.1) is 0 Å². The van der Waals surface area contributed by atoms with Gasteiger partial charge in [-0.25, -0.2) is 4.79 Å². The molecule has 0 bridgehead atoms. The molecule has 0 saturated carbocycles. The van der Waals surface area contributed by atoms with E-state index in [4.69, 9.17) is 5.11 Å². The first kappa shape index (κ1) is 14.2. The molecule has 2 fully saturated rings. The Labute approximate surface area is 114 Å². The van der Waals surface area contributed by atoms with Crippen LogP contribution in [0.5, 0.6) is 0 Å². The Morgan fingerprint density at radius 1 is 1.05 bits per heavy atom. The third-order valence-electron chi connectivity index (χ3n) is 4.48. The van der Waals surface area contributed by atoms with E-state index in [0.29, 0.717) is 19.0 Å². The van der Waals surface area contributed by atoms with Crippen LogP contribution in [0.15, 0.2) is 0 Å². The van der Waals surface area contributed by atoms with Crippen LogP contribution in [0.25, 0.3) is 0 Å². The topological polar surface area (TPSA) is 60.9 Å². The number of piperidine rings is 1. The zero-order valence-corrected chi connectivity index (χ0v) is 11.7. The van der Waals surface area contributed by atoms with E-state index in [0.717, 1.165) is 38.8 Å². The van der Waals surface area contributed by atoms with Crippen molar-refractivity contribution in [1.29, 1.82) is 0 Å². The van der Waals surface area contributed by atoms with Gasteiger partial charge in [0.15, 0.2) is 0 Å². The van der Waals surface area contributed by atoms with Crippen molar-refractivity contribution in [2.75, 3.05) is 26.2 Å². The zero-order valence-electron chi connectivity index (χ0n) is 11.7. The molecule has 2 aliphatic rings. The number of nitrogens with zero attached hydrogens (tertiary/aromatic N) is 2. The van der Waals surface area contributed by atoms with Crippen molar-refractivity contribution in [3.8, 4) is 0 Å². The van der Waals surface area contributed by atoms with Crippen molar-refractivity contribution in [3.05, 3.63) is 0 Å². The van der Waals surface area contributed by atoms with Crippen LogP contribution in [0.1, 0.15) is 39.0 Å². The summed E-state index contributed by atoms with van der Waals surface area (Å²) < 4.78 is 0. The van der Waals surface area contributed by atoms with E-state index in [1.54, 1.807) is 0 Å². The van der Waals surface area contributed by atoms with Gasteiger partial charge in [-0.05, 0) is 31.1 Å². The highest BCUT2D eigenvalue weighted by molar-refractivity contribution is 5.75. The van der Waals surface area contributed by atoms with Crippen molar-refractivity contribution in [2.24, 2.45) is 11.8 Å². The van der Waals surface area contributed by atoms with Gasteiger partial charge in [-0.1, -0.05) is 13.3 Å². The second-order valence-electron chi connectivity index (χ2n) is 5.82. The molecule has 0 aliphatic carbocycles. The van der Waals surface area contributed by atoms with Crippen LogP contribution in [-0.2, 0) is 4.79 Å². The maximum atomic E-state index is 12.3. The molecular formula is C14H24N2O3. The quantitative estimate of drug-likeness (QED) is 0.852. The number of carboxylic acids is 1. The predicted octanol–water partition coefficient (Wildman–Crippen LogP) is 2.03. The van der Waals surface area contributed by atoms with E-state index in [1.807, 2.05) is 9.80 Å². The second kappa shape index (κ2) is 6.26. The van der Waals surface area contributed by atoms with Gasteiger partial charge in [0.25, 0.3) is 0 Å². The number of amides is 2. The van der Waals surface area contributed by atoms with Gasteiger partial charge in [0, 0.05) is 32.6 Å². The van der Waals surface area contributed by atoms with Crippen molar-refractivity contribution in [2.45, 2.75) is 39.0 Å². The summed E-state index contributed by atoms with van der Waals surface area (Å²) in [6, 6.07) is 0.157. The summed E-state index contributed by atoms with van der Waals surface area (Å²) in [5.74, 6) is 0.173. The van der Waals surface area contributed by atoms with Gasteiger partial charge in [0.2, 0.25) is 0 Å². The molecule has 2 saturated heterocycles. The van der Waals surface area contributed by atoms with E-state index < -0.39 is 5.97 Å². The molecule has 5 nitrogen and oxygen atoms in total. The summed E-state index contributed by atoms with van der Waals surface area (Å²) in [7, 11) is 0. The van der Waals surface area contributed by atoms with Crippen LogP contribution in [0.3, 0.4) is 0 Å². The van der Waals surface area contributed by atoms with Crippen LogP contribution in [0, 0.1) is 11.8 Å². The fourth-order valence-electron chi connectivity index (χ4n) is 3.11. The Bertz CT molecular complexity index is 338. The lowest BCUT2D eigenvalue weighted by Crippen LogP contribution is -2.46. The molecule has 19 heavy (non-hydrogen) atoms. The molecule has 0 spiro atoms. The molecule has 2 amide bonds. The molecule has 0 aromatic carbocycles. The standard InChI is InChI=1S/C14H24N2O3/c1-2-11-3-8-16(10-11)14(19)15-6-4-12(5-7-15)9-13(17)18/h11-12H,2-10H2,1H3,(H,17,18). The van der Waals surface area contributed by atoms with E-state index in [2.05, 4.69) is 6.92 Å². The summed E-state index contributed by atoms with van der Waals surface area (Å²) in [4.78, 5) is 26.9. The van der Waals surface area contributed by atoms with Crippen LogP contribution >= 0.6 is 0 Å². The largest absolute Gasteiger partial charge is 0.481 e. The lowest BCUT2D eigenvalue weighted by Gasteiger charge is -2.34. The number of hydrogen-bond donors (Lipinski definition) is 1. The lowest BCUT2D eigenvalue weighted by molar-refractivity contribution is -0.138. The Hall–Kier alpha value is -1.26. The first-order valence-electron chi connectivity index (χ1n) is 7.35. The van der Waals surface area contributed by atoms with Gasteiger partial charge in [-0.15, -0.1) is 0 Å². The number of carbonyl (C=O) groups excluding carboxylic acids is 1. The third kappa shape index (κ3) is 3.61. The summed E-state index contributed by atoms with van der Waals surface area (Å²) >= 11 is 0. The average Bonchev–Trinajstić information content (AvgIpc) is 2.87. The van der Waals surface area contributed by atoms with Gasteiger partial charge in [0.1, 0.15) is 0 Å². The van der Waals surface area contributed by atoms with Gasteiger partial charge in [-0.2, -0.15) is 0 Å². The normalized spacial score (nSPS) is 24.8. The predicted molar refractivity (Wildman–Crippen MR) is 71.9 cm³/mol. The fourth-order valence-corrected chi connectivity index (χ4v) is 3.11. The summed E-state index contributed by atoms with van der Waals surface area (Å²) in [5.41, 5.74) is 0. The van der Waals surface area contributed by atoms with E-state index >= 15 is 0 Å². The molecule has 2 heterocycles. The number of urea groups is 1. The Morgan fingerprint density at radius 2 is 1.63 bits per heavy atom. The maximum Gasteiger partial charge on any atom is 0.320 e. The monoisotopic (exact) mass is 268 g/mol. The molecule has 5 heteroatoms. The lowest BCUT2D eigenvalue weighted by atomic mass is 9.94. The number of carboxylic acid groups (broad SMARTS) is 1. The number of rotatable bonds is 3. The van der Waals surface area contributed by atoms with E-state index in [9.17, 15) is 9.59 Å². The minimum atomic E-state index is -0.727. The van der Waals surface area contributed by atoms with Crippen molar-refractivity contribution >= 4 is 12.0 Å². The smallest absolute Gasteiger partial charge is 0.320 e. The number of hydrogen-bond acceptors (Lipinski definition) is 2. The second-order valence-corrected chi connectivity index (χ2v) is 5.82. The van der Waals surface area contributed by atoms with Gasteiger partial charge >= 0.3 is 12.0 Å². The van der Waals surface area contributed by atoms with Crippen molar-refractivity contribution in [3.63, 3.8) is 0 Å². The molecule has 1 N–H and O–H groups in total. The minimum absolute atomic E-state index is 0.157. The maximum absolute atomic E-state index is 12.3. The molecule has 2 aliphatic heterocycles. The Kier molecular flexibility index (Phi) is 4.66. The zero-order chi connectivity index (χ0) is 13.8. The van der Waals surface area contributed by atoms with Gasteiger partial charge in [-0.3, -0.25) is 4.79 Å². The third-order valence-corrected chi connectivity index (χ3v) is 4.48. The van der Waals surface area contributed by atoms with Crippen molar-refractivity contribution in [1.82, 2.24) is 9.80 Å². The SMILES string of the molecule is CCC1CCN(C(=O)N2CCC(CC(=O)O)CC2)C1. The van der Waals surface area contributed by atoms with E-state index in [-0.39, 0.29) is 18.4 Å². The van der Waals surface area contributed by atoms with Gasteiger partial charge < -0.3 is 14.9 Å². The molecule has 0 aromatic rings. The summed E-state index contributed by atoms with van der Waals surface area (Å²) in [6.07, 6.45) is 4.15. The minimum Gasteiger partial charge on any atom is -0.481 e. The van der Waals surface area contributed by atoms with Crippen LogP contribution in [0.4, 0.5) is 4.79 Å². The summed E-state index contributed by atoms with van der Waals surface area (Å²) in [6.45, 7) is 5.38. The molecule has 1 unspecified atom stereocenters. The van der Waals surface area contributed by atoms with E-state index in [1.165, 1.54) is 0 Å². The van der Waals surface area contributed by atoms with Crippen molar-refractivity contribution < 1.29 is 14.7 Å². The summed E-state index contributed by atoms with van der Waals surface area (Å²) in [5, 5.41) is 8.78. The fraction of sp³-hybridized carbons (Fsp3) is 0.857. The number of carbonyl (C=O) groups is 2. The number of likely N-dealkylation sites (tertiary alicyclic amines) is 2. The molecule has 0 radical (unpaired) electrons. The Morgan fingerprint density at radius 3 is 2.16 bits per heavy atom. The highest BCUT2D eigenvalue weighted by atomic mass is 16.4. The highest BCUT2D eigenvalue weighted by Gasteiger charge is 2.31. The van der Waals surface area contributed by atoms with Crippen LogP contribution < -0.4 is 0 Å². The highest BCUT2D eigenvalue weighted by Crippen LogP contribution is 2.24. The van der Waals surface area contributed by atoms with Crippen LogP contribution in [0.2, 0.25) is 0 Å². The number of aliphatic carboxylic acids is 1.